The molecule has 14 heavy (non-hydrogen) atoms. The Morgan fingerprint density at radius 1 is 0.571 bits per heavy atom. The molecule has 0 spiro atoms. The van der Waals surface area contributed by atoms with E-state index < -0.39 is 0 Å². The quantitative estimate of drug-likeness (QED) is 0.502. The van der Waals surface area contributed by atoms with Crippen LogP contribution in [0.3, 0.4) is 0 Å². The lowest BCUT2D eigenvalue weighted by Gasteiger charge is -2.21. The van der Waals surface area contributed by atoms with Gasteiger partial charge in [0.1, 0.15) is 0 Å². The Hall–Kier alpha value is 0. The maximum Gasteiger partial charge on any atom is 0 e. The van der Waals surface area contributed by atoms with Gasteiger partial charge in [0.05, 0.1) is 0 Å². The van der Waals surface area contributed by atoms with Gasteiger partial charge < -0.3 is 0 Å². The summed E-state index contributed by atoms with van der Waals surface area (Å²) in [6, 6.07) is 0. The van der Waals surface area contributed by atoms with Crippen molar-refractivity contribution in [3.05, 3.63) is 0 Å². The second kappa shape index (κ2) is 7.31. The predicted octanol–water partition coefficient (Wildman–Crippen LogP) is 5.62. The molecule has 0 saturated heterocycles. The summed E-state index contributed by atoms with van der Waals surface area (Å²) >= 11 is 0. The molecule has 0 N–H and O–H groups in total. The van der Waals surface area contributed by atoms with E-state index in [0.29, 0.717) is 0 Å². The molecule has 90 valence electrons. The van der Waals surface area contributed by atoms with E-state index in [2.05, 4.69) is 41.5 Å². The normalized spacial score (nSPS) is 16.3. The molecule has 2 atom stereocenters. The molecule has 0 aromatic carbocycles. The molecule has 0 aliphatic carbocycles. The minimum Gasteiger partial charge on any atom is -0.0628 e. The van der Waals surface area contributed by atoms with E-state index in [4.69, 9.17) is 0 Å². The SMILES string of the molecule is CC(C)CCC(C)[C@H](C)CCC(C)C.[HH].[HH]. The summed E-state index contributed by atoms with van der Waals surface area (Å²) in [7, 11) is 0. The molecule has 0 nitrogen and oxygen atoms in total. The molecule has 0 heterocycles. The van der Waals surface area contributed by atoms with Crippen LogP contribution in [0.1, 0.15) is 70.1 Å². The summed E-state index contributed by atoms with van der Waals surface area (Å²) in [5.41, 5.74) is 0. The first-order valence-corrected chi connectivity index (χ1v) is 6.43. The molecule has 0 radical (unpaired) electrons. The second-order valence-corrected chi connectivity index (χ2v) is 5.90. The summed E-state index contributed by atoms with van der Waals surface area (Å²) in [5, 5.41) is 0. The summed E-state index contributed by atoms with van der Waals surface area (Å²) in [6.07, 6.45) is 5.62. The van der Waals surface area contributed by atoms with Crippen molar-refractivity contribution >= 4 is 0 Å². The fraction of sp³-hybridized carbons (Fsp3) is 1.00. The highest BCUT2D eigenvalue weighted by Gasteiger charge is 2.12. The predicted molar refractivity (Wildman–Crippen MR) is 70.7 cm³/mol. The zero-order chi connectivity index (χ0) is 11.1. The van der Waals surface area contributed by atoms with Gasteiger partial charge in [-0.1, -0.05) is 67.2 Å². The summed E-state index contributed by atoms with van der Waals surface area (Å²) in [4.78, 5) is 0. The first kappa shape index (κ1) is 14.0. The van der Waals surface area contributed by atoms with Gasteiger partial charge in [0.15, 0.2) is 0 Å². The Morgan fingerprint density at radius 3 is 1.07 bits per heavy atom. The van der Waals surface area contributed by atoms with Gasteiger partial charge in [0.25, 0.3) is 0 Å². The zero-order valence-corrected chi connectivity index (χ0v) is 11.1. The van der Waals surface area contributed by atoms with Crippen LogP contribution in [0.2, 0.25) is 0 Å². The molecule has 0 amide bonds. The lowest BCUT2D eigenvalue weighted by molar-refractivity contribution is 0.303. The third-order valence-electron chi connectivity index (χ3n) is 3.37. The van der Waals surface area contributed by atoms with Crippen LogP contribution >= 0.6 is 0 Å². The van der Waals surface area contributed by atoms with Crippen LogP contribution in [0.5, 0.6) is 0 Å². The standard InChI is InChI=1S/C14H30.2H2/c1-11(2)7-9-13(5)14(6)10-8-12(3)4;;/h11-14H,7-10H2,1-6H3;2*1H/t13-,14?;;/m1../s1. The minimum atomic E-state index is 0. The monoisotopic (exact) mass is 202 g/mol. The van der Waals surface area contributed by atoms with Gasteiger partial charge in [-0.25, -0.2) is 0 Å². The first-order chi connectivity index (χ1) is 6.43. The molecular formula is C14H34. The van der Waals surface area contributed by atoms with Gasteiger partial charge in [-0.05, 0) is 23.7 Å². The third kappa shape index (κ3) is 7.41. The van der Waals surface area contributed by atoms with Crippen molar-refractivity contribution in [1.29, 1.82) is 0 Å². The molecule has 0 bridgehead atoms. The first-order valence-electron chi connectivity index (χ1n) is 6.43. The van der Waals surface area contributed by atoms with Crippen molar-refractivity contribution in [1.82, 2.24) is 0 Å². The Balaban J connectivity index is -0.000000845. The topological polar surface area (TPSA) is 0 Å². The number of hydrogen-bond donors (Lipinski definition) is 0. The maximum absolute atomic E-state index is 2.42. The van der Waals surface area contributed by atoms with Crippen LogP contribution < -0.4 is 0 Å². The van der Waals surface area contributed by atoms with Gasteiger partial charge in [-0.2, -0.15) is 0 Å². The van der Waals surface area contributed by atoms with Crippen molar-refractivity contribution < 1.29 is 2.85 Å². The van der Waals surface area contributed by atoms with Crippen LogP contribution in [0.25, 0.3) is 0 Å². The van der Waals surface area contributed by atoms with E-state index in [1.54, 1.807) is 0 Å². The molecule has 1 unspecified atom stereocenters. The highest BCUT2D eigenvalue weighted by molar-refractivity contribution is 4.64. The lowest BCUT2D eigenvalue weighted by atomic mass is 9.85. The largest absolute Gasteiger partial charge is 0.0628 e. The molecule has 0 aromatic heterocycles. The van der Waals surface area contributed by atoms with Crippen molar-refractivity contribution in [2.75, 3.05) is 0 Å². The van der Waals surface area contributed by atoms with Crippen molar-refractivity contribution in [2.24, 2.45) is 23.7 Å². The highest BCUT2D eigenvalue weighted by atomic mass is 14.2. The van der Waals surface area contributed by atoms with E-state index in [1.807, 2.05) is 0 Å². The summed E-state index contributed by atoms with van der Waals surface area (Å²) in [5.74, 6) is 3.57. The van der Waals surface area contributed by atoms with Gasteiger partial charge in [-0.15, -0.1) is 0 Å². The van der Waals surface area contributed by atoms with Crippen molar-refractivity contribution in [3.63, 3.8) is 0 Å². The van der Waals surface area contributed by atoms with Crippen LogP contribution in [0.15, 0.2) is 0 Å². The van der Waals surface area contributed by atoms with E-state index in [9.17, 15) is 0 Å². The van der Waals surface area contributed by atoms with Gasteiger partial charge in [0.2, 0.25) is 0 Å². The Kier molecular flexibility index (Phi) is 7.31. The Bertz CT molecular complexity index is 117. The van der Waals surface area contributed by atoms with Crippen LogP contribution in [0.4, 0.5) is 0 Å². The third-order valence-corrected chi connectivity index (χ3v) is 3.37. The average Bonchev–Trinajstić information content (AvgIpc) is 2.09. The molecule has 0 aromatic rings. The molecule has 0 heteroatoms. The van der Waals surface area contributed by atoms with Crippen molar-refractivity contribution in [3.8, 4) is 0 Å². The fourth-order valence-electron chi connectivity index (χ4n) is 1.76. The van der Waals surface area contributed by atoms with Gasteiger partial charge >= 0.3 is 0 Å². The van der Waals surface area contributed by atoms with Crippen LogP contribution in [-0.4, -0.2) is 0 Å². The van der Waals surface area contributed by atoms with E-state index in [-0.39, 0.29) is 2.85 Å². The molecule has 0 fully saturated rings. The van der Waals surface area contributed by atoms with E-state index in [1.165, 1.54) is 25.7 Å². The molecule has 0 aliphatic rings. The fourth-order valence-corrected chi connectivity index (χ4v) is 1.76. The van der Waals surface area contributed by atoms with Gasteiger partial charge in [-0.3, -0.25) is 0 Å². The second-order valence-electron chi connectivity index (χ2n) is 5.90. The van der Waals surface area contributed by atoms with Crippen molar-refractivity contribution in [2.45, 2.75) is 67.2 Å². The van der Waals surface area contributed by atoms with E-state index in [0.717, 1.165) is 23.7 Å². The number of rotatable bonds is 7. The smallest absolute Gasteiger partial charge is 0 e. The zero-order valence-electron chi connectivity index (χ0n) is 11.1. The average molecular weight is 202 g/mol. The Morgan fingerprint density at radius 2 is 0.857 bits per heavy atom. The highest BCUT2D eigenvalue weighted by Crippen LogP contribution is 2.24. The molecule has 0 rings (SSSR count). The van der Waals surface area contributed by atoms with E-state index >= 15 is 0 Å². The van der Waals surface area contributed by atoms with Crippen LogP contribution in [-0.2, 0) is 0 Å². The summed E-state index contributed by atoms with van der Waals surface area (Å²) < 4.78 is 0. The van der Waals surface area contributed by atoms with Crippen LogP contribution in [0, 0.1) is 23.7 Å². The minimum absolute atomic E-state index is 0. The molecule has 0 aliphatic heterocycles. The Labute approximate surface area is 94.5 Å². The lowest BCUT2D eigenvalue weighted by Crippen LogP contribution is -2.10. The van der Waals surface area contributed by atoms with Gasteiger partial charge in [0, 0.05) is 2.85 Å². The molecular weight excluding hydrogens is 168 g/mol. The number of hydrogen-bond acceptors (Lipinski definition) is 0. The maximum atomic E-state index is 2.42. The molecule has 0 saturated carbocycles. The summed E-state index contributed by atoms with van der Waals surface area (Å²) in [6.45, 7) is 14.1.